The van der Waals surface area contributed by atoms with Crippen molar-refractivity contribution in [3.05, 3.63) is 47.3 Å². The second-order valence-electron chi connectivity index (χ2n) is 8.59. The first-order valence-electron chi connectivity index (χ1n) is 10.6. The molecule has 0 aliphatic heterocycles. The predicted molar refractivity (Wildman–Crippen MR) is 111 cm³/mol. The minimum absolute atomic E-state index is 0. The van der Waals surface area contributed by atoms with E-state index in [1.54, 1.807) is 33.2 Å². The Balaban J connectivity index is 0.00000420. The Hall–Kier alpha value is -1.19. The number of hydrogen-bond donors (Lipinski definition) is 0. The third kappa shape index (κ3) is 7.86. The van der Waals surface area contributed by atoms with Gasteiger partial charge in [-0.3, -0.25) is 18.7 Å². The molecule has 0 amide bonds. The van der Waals surface area contributed by atoms with Crippen LogP contribution in [-0.2, 0) is 31.9 Å². The van der Waals surface area contributed by atoms with Gasteiger partial charge in [-0.25, -0.2) is 0 Å². The average molecular weight is 580 g/mol. The van der Waals surface area contributed by atoms with Gasteiger partial charge < -0.3 is 0 Å². The molecule has 1 aromatic carbocycles. The molecule has 0 atom stereocenters. The second kappa shape index (κ2) is 12.5. The summed E-state index contributed by atoms with van der Waals surface area (Å²) in [4.78, 5) is 8.61. The molecule has 29 heavy (non-hydrogen) atoms. The molecule has 2 rings (SSSR count). The van der Waals surface area contributed by atoms with E-state index in [2.05, 4.69) is 23.0 Å². The summed E-state index contributed by atoms with van der Waals surface area (Å²) in [6.07, 6.45) is 14.6. The zero-order chi connectivity index (χ0) is 20.6. The molecule has 0 saturated heterocycles. The Bertz CT molecular complexity index is 740. The predicted octanol–water partition coefficient (Wildman–Crippen LogP) is 7.20. The Morgan fingerprint density at radius 2 is 1.45 bits per heavy atom. The number of aryl methyl sites for hydroxylation is 1. The van der Waals surface area contributed by atoms with Crippen molar-refractivity contribution in [2.45, 2.75) is 90.9 Å². The molecule has 5 heteroatoms. The smallest absolute Gasteiger partial charge is 0.0776 e. The van der Waals surface area contributed by atoms with Crippen molar-refractivity contribution in [3.63, 3.8) is 0 Å². The molecule has 1 aromatic heterocycles. The molecule has 2 aromatic rings. The van der Waals surface area contributed by atoms with E-state index >= 15 is 0 Å². The van der Waals surface area contributed by atoms with Gasteiger partial charge in [0.05, 0.1) is 5.82 Å². The normalized spacial score (nSPS) is 11.4. The summed E-state index contributed by atoms with van der Waals surface area (Å²) < 4.78 is 28.9. The van der Waals surface area contributed by atoms with Crippen molar-refractivity contribution >= 4 is 0 Å². The van der Waals surface area contributed by atoms with Crippen molar-refractivity contribution in [3.8, 4) is 11.4 Å². The summed E-state index contributed by atoms with van der Waals surface area (Å²) >= 11 is 0. The molecule has 0 aliphatic rings. The number of benzene rings is 1. The van der Waals surface area contributed by atoms with Crippen LogP contribution in [-0.4, -0.2) is 9.97 Å². The largest absolute Gasteiger partial charge is 0.285 e. The average Bonchev–Trinajstić information content (AvgIpc) is 2.64. The Labute approximate surface area is 188 Å². The molecule has 163 valence electrons. The molecule has 0 fully saturated rings. The van der Waals surface area contributed by atoms with Gasteiger partial charge in [-0.05, 0) is 23.8 Å². The van der Waals surface area contributed by atoms with Gasteiger partial charge in [0, 0.05) is 44.1 Å². The first kappa shape index (κ1) is 25.8. The topological polar surface area (TPSA) is 25.8 Å². The fraction of sp³-hybridized carbons (Fsp3) is 0.583. The maximum absolute atomic E-state index is 14.9. The van der Waals surface area contributed by atoms with E-state index < -0.39 is 17.0 Å². The molecule has 0 spiro atoms. The Kier molecular flexibility index (Phi) is 11.1. The Morgan fingerprint density at radius 1 is 0.897 bits per heavy atom. The van der Waals surface area contributed by atoms with Crippen LogP contribution in [0.1, 0.15) is 90.2 Å². The maximum Gasteiger partial charge on any atom is 0.0776 e. The molecule has 1 radical (unpaired) electrons. The molecule has 2 nitrogen and oxygen atoms in total. The summed E-state index contributed by atoms with van der Waals surface area (Å²) in [5, 5.41) is 0. The zero-order valence-electron chi connectivity index (χ0n) is 18.1. The van der Waals surface area contributed by atoms with Gasteiger partial charge in [-0.15, -0.1) is 12.1 Å². The van der Waals surface area contributed by atoms with Crippen molar-refractivity contribution in [2.24, 2.45) is 0 Å². The first-order valence-corrected chi connectivity index (χ1v) is 10.6. The number of rotatable bonds is 10. The van der Waals surface area contributed by atoms with Crippen LogP contribution >= 0.6 is 0 Å². The van der Waals surface area contributed by atoms with E-state index in [1.165, 1.54) is 51.0 Å². The zero-order valence-corrected chi connectivity index (χ0v) is 20.5. The van der Waals surface area contributed by atoms with Crippen LogP contribution in [0.3, 0.4) is 0 Å². The molecular weight excluding hydrogens is 546 g/mol. The quantitative estimate of drug-likeness (QED) is 0.220. The fourth-order valence-corrected chi connectivity index (χ4v) is 3.43. The summed E-state index contributed by atoms with van der Waals surface area (Å²) in [5.41, 5.74) is 0.584. The monoisotopic (exact) mass is 580 g/mol. The standard InChI is InChI=1S/C24H33F2N2.Ir/c1-5-6-7-8-9-10-11-12-13-18-16-27-23(28-17-18)19-14-15-20(25)21(22(19)26)24(2,3)4;/h15-17H,5-13H2,1-4H3;/q-1;. The van der Waals surface area contributed by atoms with Gasteiger partial charge in [0.25, 0.3) is 0 Å². The number of aromatic nitrogens is 2. The van der Waals surface area contributed by atoms with E-state index in [4.69, 9.17) is 0 Å². The summed E-state index contributed by atoms with van der Waals surface area (Å²) in [7, 11) is 0. The summed E-state index contributed by atoms with van der Waals surface area (Å²) in [6, 6.07) is 3.84. The van der Waals surface area contributed by atoms with Crippen LogP contribution in [0.2, 0.25) is 0 Å². The van der Waals surface area contributed by atoms with Gasteiger partial charge >= 0.3 is 0 Å². The van der Waals surface area contributed by atoms with Crippen LogP contribution in [0.15, 0.2) is 18.5 Å². The van der Waals surface area contributed by atoms with Crippen molar-refractivity contribution in [1.29, 1.82) is 0 Å². The van der Waals surface area contributed by atoms with E-state index in [-0.39, 0.29) is 37.1 Å². The van der Waals surface area contributed by atoms with E-state index in [0.717, 1.165) is 18.4 Å². The number of nitrogens with zero attached hydrogens (tertiary/aromatic N) is 2. The van der Waals surface area contributed by atoms with Crippen LogP contribution in [0.25, 0.3) is 11.4 Å². The second-order valence-corrected chi connectivity index (χ2v) is 8.59. The molecule has 1 heterocycles. The van der Waals surface area contributed by atoms with E-state index in [1.807, 2.05) is 0 Å². The van der Waals surface area contributed by atoms with Crippen LogP contribution in [0, 0.1) is 17.7 Å². The first-order chi connectivity index (χ1) is 13.3. The number of hydrogen-bond acceptors (Lipinski definition) is 2. The number of unbranched alkanes of at least 4 members (excludes halogenated alkanes) is 7. The number of halogens is 2. The van der Waals surface area contributed by atoms with Gasteiger partial charge in [-0.2, -0.15) is 0 Å². The SMILES string of the molecule is CCCCCCCCCCc1cnc(-c2[c-]cc(F)c(C(C)(C)C)c2F)nc1.[Ir]. The van der Waals surface area contributed by atoms with Gasteiger partial charge in [-0.1, -0.05) is 83.8 Å². The molecule has 0 N–H and O–H groups in total. The summed E-state index contributed by atoms with van der Waals surface area (Å²) in [5.74, 6) is -0.953. The molecular formula is C24H33F2IrN2-. The Morgan fingerprint density at radius 3 is 2.00 bits per heavy atom. The van der Waals surface area contributed by atoms with E-state index in [9.17, 15) is 8.78 Å². The van der Waals surface area contributed by atoms with Crippen LogP contribution < -0.4 is 0 Å². The van der Waals surface area contributed by atoms with Crippen molar-refractivity contribution in [1.82, 2.24) is 9.97 Å². The maximum atomic E-state index is 14.9. The molecule has 0 aliphatic carbocycles. The third-order valence-corrected chi connectivity index (χ3v) is 5.02. The van der Waals surface area contributed by atoms with Gasteiger partial charge in [0.15, 0.2) is 0 Å². The van der Waals surface area contributed by atoms with E-state index in [0.29, 0.717) is 0 Å². The van der Waals surface area contributed by atoms with Gasteiger partial charge in [0.1, 0.15) is 0 Å². The van der Waals surface area contributed by atoms with Crippen molar-refractivity contribution in [2.75, 3.05) is 0 Å². The fourth-order valence-electron chi connectivity index (χ4n) is 3.43. The third-order valence-electron chi connectivity index (χ3n) is 5.02. The summed E-state index contributed by atoms with van der Waals surface area (Å²) in [6.45, 7) is 7.59. The minimum atomic E-state index is -0.644. The minimum Gasteiger partial charge on any atom is -0.285 e. The van der Waals surface area contributed by atoms with Crippen LogP contribution in [0.5, 0.6) is 0 Å². The molecule has 0 unspecified atom stereocenters. The van der Waals surface area contributed by atoms with Crippen LogP contribution in [0.4, 0.5) is 8.78 Å². The molecule has 0 bridgehead atoms. The molecule has 0 saturated carbocycles. The van der Waals surface area contributed by atoms with Crippen molar-refractivity contribution < 1.29 is 28.9 Å². The van der Waals surface area contributed by atoms with Gasteiger partial charge in [0.2, 0.25) is 0 Å².